The molecule has 0 unspecified atom stereocenters. The van der Waals surface area contributed by atoms with Crippen molar-refractivity contribution >= 4 is 5.91 Å². The van der Waals surface area contributed by atoms with E-state index in [9.17, 15) is 4.79 Å². The third-order valence-electron chi connectivity index (χ3n) is 5.66. The fourth-order valence-electron chi connectivity index (χ4n) is 4.00. The molecule has 4 heteroatoms. The van der Waals surface area contributed by atoms with Crippen LogP contribution in [-0.4, -0.2) is 33.7 Å². The smallest absolute Gasteiger partial charge is 0.219 e. The number of carbonyl (C=O) groups excluding carboxylic acids is 1. The third-order valence-corrected chi connectivity index (χ3v) is 5.66. The summed E-state index contributed by atoms with van der Waals surface area (Å²) in [5.74, 6) is 0.773. The molecule has 2 heterocycles. The summed E-state index contributed by atoms with van der Waals surface area (Å²) in [5, 5.41) is 4.82. The van der Waals surface area contributed by atoms with Crippen LogP contribution in [0, 0.1) is 12.8 Å². The van der Waals surface area contributed by atoms with Gasteiger partial charge in [0.15, 0.2) is 0 Å². The normalized spacial score (nSPS) is 15.0. The summed E-state index contributed by atoms with van der Waals surface area (Å²) >= 11 is 0. The Morgan fingerprint density at radius 3 is 2.39 bits per heavy atom. The standard InChI is InChI=1S/C24H27N3O/c1-18-5-3-6-21(15-18)22-7-4-8-23(16-22)24-11-14-27(25-24)17-20-9-12-26(13-10-20)19(2)28/h3-8,11,14-16,20H,9-10,12-13,17H2,1-2H3. The van der Waals surface area contributed by atoms with Crippen molar-refractivity contribution in [3.63, 3.8) is 0 Å². The third kappa shape index (κ3) is 4.16. The molecule has 0 atom stereocenters. The van der Waals surface area contributed by atoms with Crippen molar-refractivity contribution in [2.75, 3.05) is 13.1 Å². The Bertz CT molecular complexity index is 967. The average Bonchev–Trinajstić information content (AvgIpc) is 3.17. The van der Waals surface area contributed by atoms with Gasteiger partial charge in [0.25, 0.3) is 0 Å². The van der Waals surface area contributed by atoms with Crippen LogP contribution in [-0.2, 0) is 11.3 Å². The van der Waals surface area contributed by atoms with E-state index in [4.69, 9.17) is 5.10 Å². The van der Waals surface area contributed by atoms with Gasteiger partial charge in [0.2, 0.25) is 5.91 Å². The van der Waals surface area contributed by atoms with Gasteiger partial charge in [0.1, 0.15) is 0 Å². The second-order valence-electron chi connectivity index (χ2n) is 7.82. The number of likely N-dealkylation sites (tertiary alicyclic amines) is 1. The van der Waals surface area contributed by atoms with Gasteiger partial charge in [0.05, 0.1) is 5.69 Å². The van der Waals surface area contributed by atoms with Gasteiger partial charge in [-0.05, 0) is 48.9 Å². The molecule has 3 aromatic rings. The maximum absolute atomic E-state index is 11.5. The Morgan fingerprint density at radius 2 is 1.68 bits per heavy atom. The molecule has 144 valence electrons. The fourth-order valence-corrected chi connectivity index (χ4v) is 4.00. The molecular weight excluding hydrogens is 346 g/mol. The summed E-state index contributed by atoms with van der Waals surface area (Å²) in [5.41, 5.74) is 5.87. The Balaban J connectivity index is 1.46. The van der Waals surface area contributed by atoms with E-state index in [-0.39, 0.29) is 5.91 Å². The molecule has 28 heavy (non-hydrogen) atoms. The number of hydrogen-bond donors (Lipinski definition) is 0. The Kier molecular flexibility index (Phi) is 5.29. The molecule has 4 nitrogen and oxygen atoms in total. The van der Waals surface area contributed by atoms with Gasteiger partial charge in [-0.3, -0.25) is 9.48 Å². The van der Waals surface area contributed by atoms with Crippen LogP contribution in [0.5, 0.6) is 0 Å². The molecular formula is C24H27N3O. The Hall–Kier alpha value is -2.88. The molecule has 1 aliphatic rings. The van der Waals surface area contributed by atoms with Crippen LogP contribution in [0.15, 0.2) is 60.8 Å². The molecule has 0 N–H and O–H groups in total. The second-order valence-corrected chi connectivity index (χ2v) is 7.82. The zero-order valence-corrected chi connectivity index (χ0v) is 16.6. The lowest BCUT2D eigenvalue weighted by Gasteiger charge is -2.31. The highest BCUT2D eigenvalue weighted by Crippen LogP contribution is 2.26. The lowest BCUT2D eigenvalue weighted by Crippen LogP contribution is -2.38. The minimum absolute atomic E-state index is 0.188. The van der Waals surface area contributed by atoms with Crippen molar-refractivity contribution in [2.45, 2.75) is 33.2 Å². The number of nitrogens with zero attached hydrogens (tertiary/aromatic N) is 3. The molecule has 1 aliphatic heterocycles. The van der Waals surface area contributed by atoms with Crippen LogP contribution in [0.1, 0.15) is 25.3 Å². The van der Waals surface area contributed by atoms with E-state index in [0.29, 0.717) is 5.92 Å². The molecule has 0 aliphatic carbocycles. The van der Waals surface area contributed by atoms with Gasteiger partial charge < -0.3 is 4.90 Å². The van der Waals surface area contributed by atoms with Crippen molar-refractivity contribution in [3.05, 3.63) is 66.4 Å². The molecule has 0 spiro atoms. The minimum Gasteiger partial charge on any atom is -0.343 e. The quantitative estimate of drug-likeness (QED) is 0.660. The largest absolute Gasteiger partial charge is 0.343 e. The molecule has 4 rings (SSSR count). The Labute approximate surface area is 166 Å². The van der Waals surface area contributed by atoms with Gasteiger partial charge in [-0.25, -0.2) is 0 Å². The van der Waals surface area contributed by atoms with Crippen molar-refractivity contribution in [2.24, 2.45) is 5.92 Å². The first-order chi connectivity index (χ1) is 13.6. The van der Waals surface area contributed by atoms with Crippen molar-refractivity contribution < 1.29 is 4.79 Å². The lowest BCUT2D eigenvalue weighted by atomic mass is 9.97. The van der Waals surface area contributed by atoms with Gasteiger partial charge in [0, 0.05) is 38.3 Å². The second kappa shape index (κ2) is 8.01. The molecule has 1 saturated heterocycles. The van der Waals surface area contributed by atoms with E-state index >= 15 is 0 Å². The maximum atomic E-state index is 11.5. The number of aryl methyl sites for hydroxylation is 1. The number of carbonyl (C=O) groups is 1. The topological polar surface area (TPSA) is 38.1 Å². The van der Waals surface area contributed by atoms with E-state index < -0.39 is 0 Å². The first-order valence-electron chi connectivity index (χ1n) is 10.0. The SMILES string of the molecule is CC(=O)N1CCC(Cn2ccc(-c3cccc(-c4cccc(C)c4)c3)n2)CC1. The van der Waals surface area contributed by atoms with E-state index in [1.54, 1.807) is 6.92 Å². The predicted octanol–water partition coefficient (Wildman–Crippen LogP) is 4.78. The monoisotopic (exact) mass is 373 g/mol. The van der Waals surface area contributed by atoms with Crippen LogP contribution in [0.25, 0.3) is 22.4 Å². The van der Waals surface area contributed by atoms with Crippen molar-refractivity contribution in [1.29, 1.82) is 0 Å². The number of hydrogen-bond acceptors (Lipinski definition) is 2. The highest BCUT2D eigenvalue weighted by Gasteiger charge is 2.21. The van der Waals surface area contributed by atoms with Crippen LogP contribution in [0.4, 0.5) is 0 Å². The molecule has 1 aromatic heterocycles. The van der Waals surface area contributed by atoms with Crippen molar-refractivity contribution in [3.8, 4) is 22.4 Å². The zero-order valence-electron chi connectivity index (χ0n) is 16.6. The molecule has 0 radical (unpaired) electrons. The molecule has 0 saturated carbocycles. The van der Waals surface area contributed by atoms with Gasteiger partial charge >= 0.3 is 0 Å². The van der Waals surface area contributed by atoms with Crippen molar-refractivity contribution in [1.82, 2.24) is 14.7 Å². The van der Waals surface area contributed by atoms with E-state index in [1.807, 2.05) is 4.90 Å². The molecule has 1 amide bonds. The summed E-state index contributed by atoms with van der Waals surface area (Å²) in [7, 11) is 0. The minimum atomic E-state index is 0.188. The van der Waals surface area contributed by atoms with Crippen LogP contribution >= 0.6 is 0 Å². The summed E-state index contributed by atoms with van der Waals surface area (Å²) in [6.07, 6.45) is 4.18. The lowest BCUT2D eigenvalue weighted by molar-refractivity contribution is -0.130. The summed E-state index contributed by atoms with van der Waals surface area (Å²) in [6, 6.07) is 19.3. The number of benzene rings is 2. The zero-order chi connectivity index (χ0) is 19.5. The van der Waals surface area contributed by atoms with Crippen LogP contribution in [0.2, 0.25) is 0 Å². The van der Waals surface area contributed by atoms with Gasteiger partial charge in [-0.2, -0.15) is 5.10 Å². The van der Waals surface area contributed by atoms with Crippen LogP contribution in [0.3, 0.4) is 0 Å². The van der Waals surface area contributed by atoms with E-state index in [0.717, 1.165) is 43.7 Å². The number of aromatic nitrogens is 2. The van der Waals surface area contributed by atoms with Crippen LogP contribution < -0.4 is 0 Å². The molecule has 0 bridgehead atoms. The summed E-state index contributed by atoms with van der Waals surface area (Å²) < 4.78 is 2.06. The predicted molar refractivity (Wildman–Crippen MR) is 113 cm³/mol. The highest BCUT2D eigenvalue weighted by atomic mass is 16.2. The van der Waals surface area contributed by atoms with Gasteiger partial charge in [-0.15, -0.1) is 0 Å². The highest BCUT2D eigenvalue weighted by molar-refractivity contribution is 5.73. The average molecular weight is 374 g/mol. The first-order valence-corrected chi connectivity index (χ1v) is 10.0. The maximum Gasteiger partial charge on any atom is 0.219 e. The molecule has 1 fully saturated rings. The van der Waals surface area contributed by atoms with E-state index in [1.165, 1.54) is 16.7 Å². The van der Waals surface area contributed by atoms with Gasteiger partial charge in [-0.1, -0.05) is 48.0 Å². The number of amides is 1. The first kappa shape index (κ1) is 18.5. The summed E-state index contributed by atoms with van der Waals surface area (Å²) in [6.45, 7) is 6.43. The molecule has 2 aromatic carbocycles. The van der Waals surface area contributed by atoms with E-state index in [2.05, 4.69) is 72.4 Å². The Morgan fingerprint density at radius 1 is 1.00 bits per heavy atom. The number of rotatable bonds is 4. The number of piperidine rings is 1. The summed E-state index contributed by atoms with van der Waals surface area (Å²) in [4.78, 5) is 13.4. The fraction of sp³-hybridized carbons (Fsp3) is 0.333.